The fraction of sp³-hybridized carbons (Fsp3) is 0.364. The van der Waals surface area contributed by atoms with Gasteiger partial charge in [-0.25, -0.2) is 4.39 Å². The third-order valence-corrected chi connectivity index (χ3v) is 5.25. The van der Waals surface area contributed by atoms with Crippen LogP contribution in [-0.2, 0) is 16.0 Å². The fourth-order valence-electron chi connectivity index (χ4n) is 3.62. The quantitative estimate of drug-likeness (QED) is 0.760. The van der Waals surface area contributed by atoms with Gasteiger partial charge in [0.25, 0.3) is 0 Å². The van der Waals surface area contributed by atoms with Gasteiger partial charge in [-0.3, -0.25) is 9.59 Å². The summed E-state index contributed by atoms with van der Waals surface area (Å²) in [5, 5.41) is 4.97. The second-order valence-corrected chi connectivity index (χ2v) is 7.54. The zero-order valence-corrected chi connectivity index (χ0v) is 17.0. The van der Waals surface area contributed by atoms with Gasteiger partial charge >= 0.3 is 11.8 Å². The predicted molar refractivity (Wildman–Crippen MR) is 113 cm³/mol. The lowest BCUT2D eigenvalue weighted by Crippen LogP contribution is -2.40. The molecule has 1 aliphatic heterocycles. The van der Waals surface area contributed by atoms with Crippen molar-refractivity contribution in [3.05, 3.63) is 59.4 Å². The Morgan fingerprint density at radius 3 is 2.66 bits per heavy atom. The number of nitrogens with zero attached hydrogens (tertiary/aromatic N) is 2. The molecule has 0 fully saturated rings. The van der Waals surface area contributed by atoms with E-state index in [-0.39, 0.29) is 18.3 Å². The summed E-state index contributed by atoms with van der Waals surface area (Å²) in [6.45, 7) is 1.32. The molecule has 0 bridgehead atoms. The lowest BCUT2D eigenvalue weighted by atomic mass is 9.96. The van der Waals surface area contributed by atoms with Crippen LogP contribution in [0, 0.1) is 5.82 Å². The first-order chi connectivity index (χ1) is 13.9. The Hall–Kier alpha value is -2.93. The summed E-state index contributed by atoms with van der Waals surface area (Å²) < 4.78 is 13.7. The zero-order chi connectivity index (χ0) is 21.0. The molecule has 0 saturated carbocycles. The number of nitrogens with one attached hydrogen (secondary N) is 2. The molecule has 29 heavy (non-hydrogen) atoms. The molecule has 7 heteroatoms. The lowest BCUT2D eigenvalue weighted by Gasteiger charge is -2.30. The van der Waals surface area contributed by atoms with Crippen LogP contribution in [-0.4, -0.2) is 50.9 Å². The number of fused-ring (bicyclic) bond motifs is 1. The molecule has 2 N–H and O–H groups in total. The van der Waals surface area contributed by atoms with Gasteiger partial charge in [-0.1, -0.05) is 24.3 Å². The molecule has 0 aromatic heterocycles. The van der Waals surface area contributed by atoms with E-state index in [0.717, 1.165) is 24.9 Å². The number of aryl methyl sites for hydroxylation is 1. The van der Waals surface area contributed by atoms with E-state index in [1.165, 1.54) is 29.4 Å². The lowest BCUT2D eigenvalue weighted by molar-refractivity contribution is -0.136. The smallest absolute Gasteiger partial charge is 0.313 e. The summed E-state index contributed by atoms with van der Waals surface area (Å²) in [7, 11) is 5.96. The molecule has 0 radical (unpaired) electrons. The number of likely N-dealkylation sites (N-methyl/N-ethyl adjacent to an activating group) is 1. The van der Waals surface area contributed by atoms with Crippen molar-refractivity contribution < 1.29 is 14.0 Å². The summed E-state index contributed by atoms with van der Waals surface area (Å²) in [5.41, 5.74) is 3.60. The highest BCUT2D eigenvalue weighted by Gasteiger charge is 2.21. The van der Waals surface area contributed by atoms with Crippen LogP contribution in [0.15, 0.2) is 42.5 Å². The minimum absolute atomic E-state index is 0.0179. The summed E-state index contributed by atoms with van der Waals surface area (Å²) in [4.78, 5) is 28.6. The Morgan fingerprint density at radius 2 is 1.93 bits per heavy atom. The molecule has 6 nitrogen and oxygen atoms in total. The third kappa shape index (κ3) is 4.92. The second kappa shape index (κ2) is 9.05. The topological polar surface area (TPSA) is 64.7 Å². The van der Waals surface area contributed by atoms with Crippen LogP contribution in [0.4, 0.5) is 15.8 Å². The van der Waals surface area contributed by atoms with Crippen molar-refractivity contribution in [2.45, 2.75) is 18.9 Å². The van der Waals surface area contributed by atoms with E-state index in [4.69, 9.17) is 0 Å². The van der Waals surface area contributed by atoms with Crippen LogP contribution in [0.2, 0.25) is 0 Å². The highest BCUT2D eigenvalue weighted by atomic mass is 19.1. The van der Waals surface area contributed by atoms with Gasteiger partial charge in [-0.05, 0) is 56.3 Å². The van der Waals surface area contributed by atoms with E-state index in [9.17, 15) is 14.0 Å². The Balaban J connectivity index is 1.66. The molecule has 1 aliphatic rings. The Labute approximate surface area is 170 Å². The molecule has 2 aromatic rings. The monoisotopic (exact) mass is 398 g/mol. The molecule has 2 amide bonds. The molecule has 3 rings (SSSR count). The number of hydrogen-bond donors (Lipinski definition) is 2. The van der Waals surface area contributed by atoms with Gasteiger partial charge in [-0.15, -0.1) is 0 Å². The maximum atomic E-state index is 13.7. The van der Waals surface area contributed by atoms with Crippen LogP contribution < -0.4 is 15.5 Å². The largest absolute Gasteiger partial charge is 0.374 e. The number of carbonyl (C=O) groups is 2. The summed E-state index contributed by atoms with van der Waals surface area (Å²) >= 11 is 0. The number of benzene rings is 2. The molecule has 0 saturated heterocycles. The standard InChI is InChI=1S/C22H27FN4O2/c1-26(2)20(16-10-11-19-15(13-16)7-6-12-27(19)3)14-24-21(28)22(29)25-18-9-5-4-8-17(18)23/h4-5,8-11,13,20H,6-7,12,14H2,1-3H3,(H,24,28)(H,25,29)/t20-/m1/s1. The Bertz CT molecular complexity index is 900. The van der Waals surface area contributed by atoms with Crippen LogP contribution in [0.1, 0.15) is 23.6 Å². The first-order valence-electron chi connectivity index (χ1n) is 9.71. The van der Waals surface area contributed by atoms with E-state index in [2.05, 4.69) is 40.8 Å². The molecular formula is C22H27FN4O2. The van der Waals surface area contributed by atoms with Crippen molar-refractivity contribution in [1.82, 2.24) is 10.2 Å². The number of para-hydroxylation sites is 1. The van der Waals surface area contributed by atoms with Crippen molar-refractivity contribution in [3.63, 3.8) is 0 Å². The van der Waals surface area contributed by atoms with Crippen molar-refractivity contribution in [2.24, 2.45) is 0 Å². The SMILES string of the molecule is CN1CCCc2cc([C@@H](CNC(=O)C(=O)Nc3ccccc3F)N(C)C)ccc21. The number of anilines is 2. The van der Waals surface area contributed by atoms with Crippen molar-refractivity contribution in [3.8, 4) is 0 Å². The van der Waals surface area contributed by atoms with E-state index >= 15 is 0 Å². The molecule has 0 spiro atoms. The molecule has 1 heterocycles. The van der Waals surface area contributed by atoms with E-state index < -0.39 is 17.6 Å². The van der Waals surface area contributed by atoms with Crippen LogP contribution in [0.3, 0.4) is 0 Å². The minimum Gasteiger partial charge on any atom is -0.374 e. The maximum absolute atomic E-state index is 13.7. The first-order valence-corrected chi connectivity index (χ1v) is 9.71. The Morgan fingerprint density at radius 1 is 1.17 bits per heavy atom. The van der Waals surface area contributed by atoms with Gasteiger partial charge in [0.05, 0.1) is 11.7 Å². The molecule has 0 unspecified atom stereocenters. The number of hydrogen-bond acceptors (Lipinski definition) is 4. The van der Waals surface area contributed by atoms with Crippen molar-refractivity contribution in [2.75, 3.05) is 44.4 Å². The number of halogens is 1. The summed E-state index contributed by atoms with van der Waals surface area (Å²) in [5.74, 6) is -2.27. The van der Waals surface area contributed by atoms with Crippen molar-refractivity contribution in [1.29, 1.82) is 0 Å². The molecule has 2 aromatic carbocycles. The van der Waals surface area contributed by atoms with Gasteiger partial charge in [0.1, 0.15) is 5.82 Å². The van der Waals surface area contributed by atoms with Crippen LogP contribution in [0.5, 0.6) is 0 Å². The molecule has 0 aliphatic carbocycles. The molecule has 154 valence electrons. The van der Waals surface area contributed by atoms with E-state index in [1.807, 2.05) is 19.0 Å². The molecule has 1 atom stereocenters. The minimum atomic E-state index is -0.889. The molecular weight excluding hydrogens is 371 g/mol. The summed E-state index contributed by atoms with van der Waals surface area (Å²) in [6, 6.07) is 12.0. The normalized spacial score (nSPS) is 14.3. The van der Waals surface area contributed by atoms with Gasteiger partial charge < -0.3 is 20.4 Å². The van der Waals surface area contributed by atoms with Crippen LogP contribution in [0.25, 0.3) is 0 Å². The maximum Gasteiger partial charge on any atom is 0.313 e. The number of carbonyl (C=O) groups excluding carboxylic acids is 2. The average Bonchev–Trinajstić information content (AvgIpc) is 2.69. The average molecular weight is 398 g/mol. The van der Waals surface area contributed by atoms with Gasteiger partial charge in [-0.2, -0.15) is 0 Å². The zero-order valence-electron chi connectivity index (χ0n) is 17.0. The van der Waals surface area contributed by atoms with E-state index in [1.54, 1.807) is 6.07 Å². The predicted octanol–water partition coefficient (Wildman–Crippen LogP) is 2.57. The van der Waals surface area contributed by atoms with Gasteiger partial charge in [0.2, 0.25) is 0 Å². The van der Waals surface area contributed by atoms with Gasteiger partial charge in [0, 0.05) is 25.8 Å². The number of amides is 2. The highest BCUT2D eigenvalue weighted by molar-refractivity contribution is 6.39. The highest BCUT2D eigenvalue weighted by Crippen LogP contribution is 2.29. The van der Waals surface area contributed by atoms with Crippen molar-refractivity contribution >= 4 is 23.2 Å². The van der Waals surface area contributed by atoms with Gasteiger partial charge in [0.15, 0.2) is 0 Å². The fourth-order valence-corrected chi connectivity index (χ4v) is 3.62. The van der Waals surface area contributed by atoms with Crippen LogP contribution >= 0.6 is 0 Å². The second-order valence-electron chi connectivity index (χ2n) is 7.54. The Kier molecular flexibility index (Phi) is 6.49. The number of rotatable bonds is 5. The first kappa shape index (κ1) is 20.8. The summed E-state index contributed by atoms with van der Waals surface area (Å²) in [6.07, 6.45) is 2.15. The van der Waals surface area contributed by atoms with E-state index in [0.29, 0.717) is 0 Å². The third-order valence-electron chi connectivity index (χ3n) is 5.25.